The average molecular weight is 268 g/mol. The number of anilines is 2. The van der Waals surface area contributed by atoms with Gasteiger partial charge in [0.2, 0.25) is 5.89 Å². The van der Waals surface area contributed by atoms with E-state index in [1.165, 1.54) is 7.05 Å². The molecule has 9 heteroatoms. The molecule has 0 aliphatic heterocycles. The number of amides is 1. The number of nitrogen functional groups attached to an aromatic ring is 1. The van der Waals surface area contributed by atoms with Gasteiger partial charge in [-0.2, -0.15) is 9.36 Å². The summed E-state index contributed by atoms with van der Waals surface area (Å²) >= 11 is 1.11. The van der Waals surface area contributed by atoms with E-state index in [1.54, 1.807) is 6.92 Å². The molecule has 2 aromatic heterocycles. The summed E-state index contributed by atoms with van der Waals surface area (Å²) in [5.41, 5.74) is 5.97. The minimum atomic E-state index is -0.287. The van der Waals surface area contributed by atoms with E-state index in [-0.39, 0.29) is 11.7 Å². The second-order valence-corrected chi connectivity index (χ2v) is 4.21. The standard InChI is InChI=1S/C9H12N6O2S/c1-4-13-5(17-14-4)3-12-9-6(8(16)11-2)7(10)15-18-9/h12H,3H2,1-2H3,(H2,10,15)(H,11,16). The monoisotopic (exact) mass is 268 g/mol. The Balaban J connectivity index is 2.12. The number of nitrogens with two attached hydrogens (primary N) is 1. The number of nitrogens with zero attached hydrogens (tertiary/aromatic N) is 3. The van der Waals surface area contributed by atoms with Crippen molar-refractivity contribution in [2.45, 2.75) is 13.5 Å². The van der Waals surface area contributed by atoms with Crippen LogP contribution in [0.2, 0.25) is 0 Å². The fraction of sp³-hybridized carbons (Fsp3) is 0.333. The lowest BCUT2D eigenvalue weighted by Gasteiger charge is -2.03. The molecule has 8 nitrogen and oxygen atoms in total. The van der Waals surface area contributed by atoms with Crippen molar-refractivity contribution in [1.82, 2.24) is 19.8 Å². The van der Waals surface area contributed by atoms with Gasteiger partial charge in [0.25, 0.3) is 5.91 Å². The van der Waals surface area contributed by atoms with Gasteiger partial charge in [-0.25, -0.2) is 0 Å². The summed E-state index contributed by atoms with van der Waals surface area (Å²) in [5.74, 6) is 0.901. The molecule has 0 radical (unpaired) electrons. The van der Waals surface area contributed by atoms with Gasteiger partial charge in [0.15, 0.2) is 11.6 Å². The molecule has 0 bridgehead atoms. The van der Waals surface area contributed by atoms with Crippen LogP contribution in [0, 0.1) is 6.92 Å². The molecule has 2 rings (SSSR count). The number of hydrogen-bond acceptors (Lipinski definition) is 8. The van der Waals surface area contributed by atoms with Gasteiger partial charge in [0.1, 0.15) is 10.6 Å². The van der Waals surface area contributed by atoms with Gasteiger partial charge in [0.05, 0.1) is 6.54 Å². The molecule has 0 spiro atoms. The summed E-state index contributed by atoms with van der Waals surface area (Å²) < 4.78 is 8.88. The lowest BCUT2D eigenvalue weighted by atomic mass is 10.3. The Hall–Kier alpha value is -2.16. The first-order chi connectivity index (χ1) is 8.61. The summed E-state index contributed by atoms with van der Waals surface area (Å²) in [7, 11) is 1.53. The van der Waals surface area contributed by atoms with Crippen molar-refractivity contribution in [3.63, 3.8) is 0 Å². The average Bonchev–Trinajstić information content (AvgIpc) is 2.92. The Morgan fingerprint density at radius 1 is 1.56 bits per heavy atom. The number of carbonyl (C=O) groups excluding carboxylic acids is 1. The van der Waals surface area contributed by atoms with Crippen molar-refractivity contribution in [3.05, 3.63) is 17.3 Å². The van der Waals surface area contributed by atoms with Crippen molar-refractivity contribution in [1.29, 1.82) is 0 Å². The highest BCUT2D eigenvalue weighted by molar-refractivity contribution is 7.11. The molecule has 0 saturated heterocycles. The number of aromatic nitrogens is 3. The molecule has 0 aromatic carbocycles. The number of hydrogen-bond donors (Lipinski definition) is 3. The van der Waals surface area contributed by atoms with E-state index >= 15 is 0 Å². The smallest absolute Gasteiger partial charge is 0.257 e. The van der Waals surface area contributed by atoms with Crippen LogP contribution in [0.1, 0.15) is 22.1 Å². The third-order valence-electron chi connectivity index (χ3n) is 2.14. The lowest BCUT2D eigenvalue weighted by Crippen LogP contribution is -2.20. The molecule has 2 heterocycles. The number of nitrogens with one attached hydrogen (secondary N) is 2. The zero-order valence-electron chi connectivity index (χ0n) is 9.85. The summed E-state index contributed by atoms with van der Waals surface area (Å²) in [5, 5.41) is 9.74. The first kappa shape index (κ1) is 12.3. The molecule has 0 aliphatic rings. The van der Waals surface area contributed by atoms with Crippen molar-refractivity contribution >= 4 is 28.3 Å². The predicted molar refractivity (Wildman–Crippen MR) is 66.3 cm³/mol. The van der Waals surface area contributed by atoms with Crippen molar-refractivity contribution in [3.8, 4) is 0 Å². The fourth-order valence-corrected chi connectivity index (χ4v) is 2.04. The predicted octanol–water partition coefficient (Wildman–Crippen LogP) is 0.388. The molecular formula is C9H12N6O2S. The van der Waals surface area contributed by atoms with Gasteiger partial charge < -0.3 is 20.9 Å². The van der Waals surface area contributed by atoms with Crippen LogP contribution in [0.4, 0.5) is 10.8 Å². The number of aryl methyl sites for hydroxylation is 1. The second kappa shape index (κ2) is 5.00. The molecule has 1 amide bonds. The van der Waals surface area contributed by atoms with Gasteiger partial charge in [-0.15, -0.1) is 0 Å². The highest BCUT2D eigenvalue weighted by Gasteiger charge is 2.18. The largest absolute Gasteiger partial charge is 0.382 e. The molecule has 0 unspecified atom stereocenters. The highest BCUT2D eigenvalue weighted by atomic mass is 32.1. The number of carbonyl (C=O) groups is 1. The Morgan fingerprint density at radius 2 is 2.33 bits per heavy atom. The van der Waals surface area contributed by atoms with Crippen LogP contribution in [0.15, 0.2) is 4.52 Å². The normalized spacial score (nSPS) is 10.3. The minimum absolute atomic E-state index is 0.198. The van der Waals surface area contributed by atoms with Crippen LogP contribution in [0.5, 0.6) is 0 Å². The Bertz CT molecular complexity index is 563. The zero-order valence-corrected chi connectivity index (χ0v) is 10.7. The quantitative estimate of drug-likeness (QED) is 0.733. The van der Waals surface area contributed by atoms with Crippen LogP contribution in [0.25, 0.3) is 0 Å². The maximum absolute atomic E-state index is 11.6. The molecule has 0 aliphatic carbocycles. The summed E-state index contributed by atoms with van der Waals surface area (Å²) in [4.78, 5) is 15.7. The SMILES string of the molecule is CNC(=O)c1c(N)nsc1NCc1nc(C)no1. The molecule has 4 N–H and O–H groups in total. The zero-order chi connectivity index (χ0) is 13.1. The van der Waals surface area contributed by atoms with Gasteiger partial charge in [-0.05, 0) is 18.5 Å². The molecule has 0 saturated carbocycles. The third-order valence-corrected chi connectivity index (χ3v) is 2.96. The van der Waals surface area contributed by atoms with Crippen molar-refractivity contribution < 1.29 is 9.32 Å². The van der Waals surface area contributed by atoms with E-state index in [4.69, 9.17) is 10.3 Å². The lowest BCUT2D eigenvalue weighted by molar-refractivity contribution is 0.0965. The van der Waals surface area contributed by atoms with E-state index in [1.807, 2.05) is 0 Å². The maximum atomic E-state index is 11.6. The van der Waals surface area contributed by atoms with E-state index in [2.05, 4.69) is 25.1 Å². The summed E-state index contributed by atoms with van der Waals surface area (Å²) in [6.45, 7) is 2.04. The van der Waals surface area contributed by atoms with Gasteiger partial charge in [-0.1, -0.05) is 5.16 Å². The highest BCUT2D eigenvalue weighted by Crippen LogP contribution is 2.26. The molecule has 18 heavy (non-hydrogen) atoms. The Kier molecular flexibility index (Phi) is 3.42. The second-order valence-electron chi connectivity index (χ2n) is 3.44. The number of rotatable bonds is 4. The van der Waals surface area contributed by atoms with E-state index in [9.17, 15) is 4.79 Å². The van der Waals surface area contributed by atoms with Crippen molar-refractivity contribution in [2.24, 2.45) is 0 Å². The Labute approximate surface area is 107 Å². The van der Waals surface area contributed by atoms with E-state index in [0.29, 0.717) is 28.8 Å². The van der Waals surface area contributed by atoms with E-state index < -0.39 is 0 Å². The third kappa shape index (κ3) is 2.40. The molecule has 0 fully saturated rings. The first-order valence-electron chi connectivity index (χ1n) is 5.12. The maximum Gasteiger partial charge on any atom is 0.257 e. The van der Waals surface area contributed by atoms with Gasteiger partial charge >= 0.3 is 0 Å². The first-order valence-corrected chi connectivity index (χ1v) is 5.89. The van der Waals surface area contributed by atoms with Gasteiger partial charge in [-0.3, -0.25) is 4.79 Å². The van der Waals surface area contributed by atoms with Crippen LogP contribution in [0.3, 0.4) is 0 Å². The minimum Gasteiger partial charge on any atom is -0.382 e. The van der Waals surface area contributed by atoms with Crippen molar-refractivity contribution in [2.75, 3.05) is 18.1 Å². The van der Waals surface area contributed by atoms with Crippen LogP contribution in [-0.2, 0) is 6.54 Å². The van der Waals surface area contributed by atoms with Crippen LogP contribution in [-0.4, -0.2) is 27.5 Å². The van der Waals surface area contributed by atoms with Crippen LogP contribution < -0.4 is 16.4 Å². The summed E-state index contributed by atoms with van der Waals surface area (Å²) in [6.07, 6.45) is 0. The molecule has 0 atom stereocenters. The molecular weight excluding hydrogens is 256 g/mol. The van der Waals surface area contributed by atoms with Crippen LogP contribution >= 0.6 is 11.5 Å². The molecule has 96 valence electrons. The van der Waals surface area contributed by atoms with Gasteiger partial charge in [0, 0.05) is 7.05 Å². The Morgan fingerprint density at radius 3 is 2.94 bits per heavy atom. The molecule has 2 aromatic rings. The van der Waals surface area contributed by atoms with E-state index in [0.717, 1.165) is 11.5 Å². The summed E-state index contributed by atoms with van der Waals surface area (Å²) in [6, 6.07) is 0. The fourth-order valence-electron chi connectivity index (χ4n) is 1.34. The topological polar surface area (TPSA) is 119 Å².